The quantitative estimate of drug-likeness (QED) is 0.883. The summed E-state index contributed by atoms with van der Waals surface area (Å²) in [5.41, 5.74) is 1.85. The molecule has 5 heteroatoms. The summed E-state index contributed by atoms with van der Waals surface area (Å²) < 4.78 is 0. The second kappa shape index (κ2) is 6.26. The number of carbonyl (C=O) groups excluding carboxylic acids is 1. The van der Waals surface area contributed by atoms with E-state index in [0.717, 1.165) is 17.5 Å². The Morgan fingerprint density at radius 1 is 1.29 bits per heavy atom. The molecule has 21 heavy (non-hydrogen) atoms. The Labute approximate surface area is 125 Å². The molecule has 0 saturated heterocycles. The third kappa shape index (κ3) is 3.24. The molecule has 5 nitrogen and oxygen atoms in total. The van der Waals surface area contributed by atoms with Crippen LogP contribution in [0.1, 0.15) is 37.9 Å². The molecule has 0 aromatic heterocycles. The summed E-state index contributed by atoms with van der Waals surface area (Å²) in [6, 6.07) is 6.37. The van der Waals surface area contributed by atoms with E-state index in [1.54, 1.807) is 11.8 Å². The number of amides is 1. The van der Waals surface area contributed by atoms with Gasteiger partial charge in [0.2, 0.25) is 5.91 Å². The number of rotatable bonds is 4. The number of benzene rings is 1. The molecule has 1 aromatic carbocycles. The number of aliphatic carboxylic acids is 1. The van der Waals surface area contributed by atoms with E-state index in [1.165, 1.54) is 0 Å². The summed E-state index contributed by atoms with van der Waals surface area (Å²) >= 11 is 0. The monoisotopic (exact) mass is 290 g/mol. The molecule has 1 heterocycles. The Bertz CT molecular complexity index is 542. The van der Waals surface area contributed by atoms with Crippen LogP contribution < -0.4 is 5.32 Å². The van der Waals surface area contributed by atoms with Gasteiger partial charge in [-0.1, -0.05) is 24.3 Å². The molecule has 0 bridgehead atoms. The Morgan fingerprint density at radius 2 is 1.95 bits per heavy atom. The molecule has 0 saturated carbocycles. The molecule has 1 amide bonds. The van der Waals surface area contributed by atoms with Crippen molar-refractivity contribution in [3.05, 3.63) is 35.4 Å². The minimum atomic E-state index is -0.911. The van der Waals surface area contributed by atoms with Crippen molar-refractivity contribution in [3.8, 4) is 0 Å². The van der Waals surface area contributed by atoms with Crippen LogP contribution >= 0.6 is 0 Å². The van der Waals surface area contributed by atoms with Crippen LogP contribution in [0, 0.1) is 0 Å². The molecule has 2 N–H and O–H groups in total. The molecule has 1 aliphatic heterocycles. The Balaban J connectivity index is 2.28. The van der Waals surface area contributed by atoms with Gasteiger partial charge in [0.15, 0.2) is 0 Å². The Hall–Kier alpha value is -1.88. The van der Waals surface area contributed by atoms with Gasteiger partial charge in [-0.3, -0.25) is 14.5 Å². The largest absolute Gasteiger partial charge is 0.480 e. The smallest absolute Gasteiger partial charge is 0.325 e. The van der Waals surface area contributed by atoms with Gasteiger partial charge in [0.05, 0.1) is 6.04 Å². The average Bonchev–Trinajstić information content (AvgIpc) is 2.44. The number of hydrogen-bond donors (Lipinski definition) is 2. The minimum Gasteiger partial charge on any atom is -0.480 e. The average molecular weight is 290 g/mol. The number of hydrogen-bond acceptors (Lipinski definition) is 3. The van der Waals surface area contributed by atoms with Crippen LogP contribution in [-0.4, -0.2) is 40.5 Å². The molecule has 0 fully saturated rings. The van der Waals surface area contributed by atoms with E-state index < -0.39 is 18.1 Å². The maximum absolute atomic E-state index is 12.2. The van der Waals surface area contributed by atoms with Crippen LogP contribution in [-0.2, 0) is 16.0 Å². The van der Waals surface area contributed by atoms with Crippen molar-refractivity contribution in [1.82, 2.24) is 10.2 Å². The van der Waals surface area contributed by atoms with E-state index in [4.69, 9.17) is 0 Å². The van der Waals surface area contributed by atoms with Crippen molar-refractivity contribution < 1.29 is 14.7 Å². The van der Waals surface area contributed by atoms with Crippen molar-refractivity contribution >= 4 is 11.9 Å². The second-order valence-electron chi connectivity index (χ2n) is 5.77. The zero-order chi connectivity index (χ0) is 15.6. The fourth-order valence-electron chi connectivity index (χ4n) is 2.83. The Kier molecular flexibility index (Phi) is 4.63. The summed E-state index contributed by atoms with van der Waals surface area (Å²) in [5.74, 6) is -1.04. The topological polar surface area (TPSA) is 69.6 Å². The third-order valence-electron chi connectivity index (χ3n) is 3.86. The minimum absolute atomic E-state index is 0.0419. The summed E-state index contributed by atoms with van der Waals surface area (Å²) in [5, 5.41) is 12.4. The van der Waals surface area contributed by atoms with Gasteiger partial charge < -0.3 is 10.4 Å². The zero-order valence-corrected chi connectivity index (χ0v) is 12.7. The number of carboxylic acid groups (broad SMARTS) is 1. The molecule has 0 radical (unpaired) electrons. The van der Waals surface area contributed by atoms with Gasteiger partial charge >= 0.3 is 5.97 Å². The molecule has 114 valence electrons. The van der Waals surface area contributed by atoms with Crippen molar-refractivity contribution in [2.24, 2.45) is 0 Å². The normalized spacial score (nSPS) is 19.9. The van der Waals surface area contributed by atoms with E-state index in [0.29, 0.717) is 6.54 Å². The molecule has 1 aliphatic rings. The van der Waals surface area contributed by atoms with Crippen LogP contribution in [0.25, 0.3) is 0 Å². The lowest BCUT2D eigenvalue weighted by Gasteiger charge is -2.38. The first-order valence-electron chi connectivity index (χ1n) is 7.28. The first-order valence-corrected chi connectivity index (χ1v) is 7.28. The second-order valence-corrected chi connectivity index (χ2v) is 5.77. The number of carboxylic acids is 1. The van der Waals surface area contributed by atoms with Crippen LogP contribution in [0.5, 0.6) is 0 Å². The summed E-state index contributed by atoms with van der Waals surface area (Å²) in [6.07, 6.45) is 0.763. The van der Waals surface area contributed by atoms with Gasteiger partial charge in [0.25, 0.3) is 0 Å². The summed E-state index contributed by atoms with van der Waals surface area (Å²) in [6.45, 7) is 6.12. The fraction of sp³-hybridized carbons (Fsp3) is 0.500. The first-order chi connectivity index (χ1) is 9.91. The highest BCUT2D eigenvalue weighted by Crippen LogP contribution is 2.31. The lowest BCUT2D eigenvalue weighted by molar-refractivity contribution is -0.146. The number of carbonyl (C=O) groups is 2. The molecule has 0 aliphatic carbocycles. The maximum atomic E-state index is 12.2. The molecular weight excluding hydrogens is 268 g/mol. The molecular formula is C16H22N2O3. The maximum Gasteiger partial charge on any atom is 0.325 e. The van der Waals surface area contributed by atoms with Crippen molar-refractivity contribution in [2.45, 2.75) is 45.3 Å². The van der Waals surface area contributed by atoms with E-state index >= 15 is 0 Å². The van der Waals surface area contributed by atoms with Crippen molar-refractivity contribution in [2.75, 3.05) is 6.54 Å². The molecule has 1 aromatic rings. The highest BCUT2D eigenvalue weighted by atomic mass is 16.4. The SMILES string of the molecule is CC(C)NC(=O)C(C)N1CCc2ccccc2C1C(=O)O. The van der Waals surface area contributed by atoms with Crippen LogP contribution in [0.15, 0.2) is 24.3 Å². The Morgan fingerprint density at radius 3 is 2.57 bits per heavy atom. The van der Waals surface area contributed by atoms with Gasteiger partial charge in [-0.25, -0.2) is 0 Å². The van der Waals surface area contributed by atoms with Gasteiger partial charge in [-0.05, 0) is 38.3 Å². The highest BCUT2D eigenvalue weighted by Gasteiger charge is 2.37. The van der Waals surface area contributed by atoms with Crippen LogP contribution in [0.3, 0.4) is 0 Å². The van der Waals surface area contributed by atoms with Crippen LogP contribution in [0.2, 0.25) is 0 Å². The van der Waals surface area contributed by atoms with Crippen molar-refractivity contribution in [1.29, 1.82) is 0 Å². The van der Waals surface area contributed by atoms with Gasteiger partial charge in [-0.2, -0.15) is 0 Å². The van der Waals surface area contributed by atoms with Gasteiger partial charge in [0.1, 0.15) is 6.04 Å². The van der Waals surface area contributed by atoms with Crippen molar-refractivity contribution in [3.63, 3.8) is 0 Å². The number of nitrogens with one attached hydrogen (secondary N) is 1. The summed E-state index contributed by atoms with van der Waals surface area (Å²) in [4.78, 5) is 25.7. The van der Waals surface area contributed by atoms with E-state index in [-0.39, 0.29) is 11.9 Å². The predicted octanol–water partition coefficient (Wildman–Crippen LogP) is 1.58. The first kappa shape index (κ1) is 15.5. The van der Waals surface area contributed by atoms with Crippen LogP contribution in [0.4, 0.5) is 0 Å². The van der Waals surface area contributed by atoms with E-state index in [2.05, 4.69) is 5.32 Å². The van der Waals surface area contributed by atoms with Gasteiger partial charge in [0, 0.05) is 12.6 Å². The van der Waals surface area contributed by atoms with E-state index in [9.17, 15) is 14.7 Å². The lowest BCUT2D eigenvalue weighted by Crippen LogP contribution is -2.52. The standard InChI is InChI=1S/C16H22N2O3/c1-10(2)17-15(19)11(3)18-9-8-12-6-4-5-7-13(12)14(18)16(20)21/h4-7,10-11,14H,8-9H2,1-3H3,(H,17,19)(H,20,21). The molecule has 0 spiro atoms. The highest BCUT2D eigenvalue weighted by molar-refractivity contribution is 5.83. The molecule has 2 atom stereocenters. The lowest BCUT2D eigenvalue weighted by atomic mass is 9.91. The fourth-order valence-corrected chi connectivity index (χ4v) is 2.83. The molecule has 2 rings (SSSR count). The zero-order valence-electron chi connectivity index (χ0n) is 12.7. The number of fused-ring (bicyclic) bond motifs is 1. The van der Waals surface area contributed by atoms with Gasteiger partial charge in [-0.15, -0.1) is 0 Å². The molecule has 2 unspecified atom stereocenters. The third-order valence-corrected chi connectivity index (χ3v) is 3.86. The summed E-state index contributed by atoms with van der Waals surface area (Å²) in [7, 11) is 0. The predicted molar refractivity (Wildman–Crippen MR) is 80.0 cm³/mol. The number of nitrogens with zero attached hydrogens (tertiary/aromatic N) is 1. The van der Waals surface area contributed by atoms with E-state index in [1.807, 2.05) is 38.1 Å².